The Hall–Kier alpha value is -0.500. The van der Waals surface area contributed by atoms with Crippen LogP contribution in [0, 0.1) is 0 Å². The van der Waals surface area contributed by atoms with Crippen LogP contribution < -0.4 is 0 Å². The Balaban J connectivity index is 2.16. The standard InChI is InChI=1S/C11H21NO/c1-10-6-5-7-12(10)8-9-13-11(2,3)4/h1,5-9H2,2-4H3. The van der Waals surface area contributed by atoms with E-state index in [0.717, 1.165) is 26.1 Å². The number of nitrogens with zero attached hydrogens (tertiary/aromatic N) is 1. The molecule has 1 saturated heterocycles. The summed E-state index contributed by atoms with van der Waals surface area (Å²) in [6.07, 6.45) is 2.42. The number of rotatable bonds is 3. The quantitative estimate of drug-likeness (QED) is 0.666. The highest BCUT2D eigenvalue weighted by Crippen LogP contribution is 2.18. The van der Waals surface area contributed by atoms with Gasteiger partial charge in [0.25, 0.3) is 0 Å². The maximum atomic E-state index is 5.66. The van der Waals surface area contributed by atoms with Crippen molar-refractivity contribution in [3.05, 3.63) is 12.3 Å². The van der Waals surface area contributed by atoms with Gasteiger partial charge in [0.2, 0.25) is 0 Å². The van der Waals surface area contributed by atoms with E-state index in [4.69, 9.17) is 4.74 Å². The molecular formula is C11H21NO. The number of likely N-dealkylation sites (tertiary alicyclic amines) is 1. The van der Waals surface area contributed by atoms with E-state index in [0.29, 0.717) is 0 Å². The number of hydrogen-bond donors (Lipinski definition) is 0. The van der Waals surface area contributed by atoms with Gasteiger partial charge >= 0.3 is 0 Å². The molecule has 1 aliphatic rings. The van der Waals surface area contributed by atoms with Crippen LogP contribution in [0.1, 0.15) is 33.6 Å². The van der Waals surface area contributed by atoms with E-state index in [1.54, 1.807) is 0 Å². The van der Waals surface area contributed by atoms with Crippen LogP contribution in [-0.4, -0.2) is 30.2 Å². The zero-order valence-electron chi connectivity index (χ0n) is 9.10. The average molecular weight is 183 g/mol. The SMILES string of the molecule is C=C1CCCN1CCOC(C)(C)C. The highest BCUT2D eigenvalue weighted by Gasteiger charge is 2.15. The summed E-state index contributed by atoms with van der Waals surface area (Å²) in [4.78, 5) is 2.33. The summed E-state index contributed by atoms with van der Waals surface area (Å²) < 4.78 is 5.66. The molecule has 0 bridgehead atoms. The van der Waals surface area contributed by atoms with E-state index >= 15 is 0 Å². The normalized spacial score (nSPS) is 18.4. The molecule has 76 valence electrons. The Morgan fingerprint density at radius 3 is 2.62 bits per heavy atom. The molecule has 1 heterocycles. The fraction of sp³-hybridized carbons (Fsp3) is 0.818. The number of ether oxygens (including phenoxy) is 1. The van der Waals surface area contributed by atoms with Gasteiger partial charge < -0.3 is 9.64 Å². The topological polar surface area (TPSA) is 12.5 Å². The summed E-state index contributed by atoms with van der Waals surface area (Å²) in [7, 11) is 0. The first-order chi connectivity index (χ1) is 5.99. The minimum absolute atomic E-state index is 0.0128. The molecule has 1 aliphatic heterocycles. The predicted molar refractivity (Wildman–Crippen MR) is 55.7 cm³/mol. The molecular weight excluding hydrogens is 162 g/mol. The van der Waals surface area contributed by atoms with Gasteiger partial charge in [-0.2, -0.15) is 0 Å². The molecule has 0 amide bonds. The molecule has 0 atom stereocenters. The van der Waals surface area contributed by atoms with Crippen LogP contribution in [0.2, 0.25) is 0 Å². The minimum atomic E-state index is -0.0128. The van der Waals surface area contributed by atoms with Gasteiger partial charge in [-0.25, -0.2) is 0 Å². The predicted octanol–water partition coefficient (Wildman–Crippen LogP) is 2.41. The lowest BCUT2D eigenvalue weighted by Gasteiger charge is -2.24. The van der Waals surface area contributed by atoms with E-state index in [9.17, 15) is 0 Å². The molecule has 13 heavy (non-hydrogen) atoms. The fourth-order valence-corrected chi connectivity index (χ4v) is 1.52. The van der Waals surface area contributed by atoms with Gasteiger partial charge in [-0.3, -0.25) is 0 Å². The molecule has 2 heteroatoms. The van der Waals surface area contributed by atoms with Gasteiger partial charge in [-0.1, -0.05) is 6.58 Å². The van der Waals surface area contributed by atoms with Crippen molar-refractivity contribution in [3.8, 4) is 0 Å². The Bertz CT molecular complexity index is 181. The van der Waals surface area contributed by atoms with Gasteiger partial charge in [0.05, 0.1) is 12.2 Å². The highest BCUT2D eigenvalue weighted by atomic mass is 16.5. The van der Waals surface area contributed by atoms with E-state index in [1.165, 1.54) is 12.1 Å². The molecule has 0 aliphatic carbocycles. The minimum Gasteiger partial charge on any atom is -0.374 e. The van der Waals surface area contributed by atoms with Gasteiger partial charge in [0.15, 0.2) is 0 Å². The van der Waals surface area contributed by atoms with Crippen molar-refractivity contribution < 1.29 is 4.74 Å². The lowest BCUT2D eigenvalue weighted by Crippen LogP contribution is -2.27. The Morgan fingerprint density at radius 1 is 1.46 bits per heavy atom. The van der Waals surface area contributed by atoms with Crippen LogP contribution in [0.4, 0.5) is 0 Å². The third-order valence-electron chi connectivity index (χ3n) is 2.24. The van der Waals surface area contributed by atoms with Crippen LogP contribution in [-0.2, 0) is 4.74 Å². The van der Waals surface area contributed by atoms with E-state index in [1.807, 2.05) is 0 Å². The van der Waals surface area contributed by atoms with Crippen LogP contribution in [0.25, 0.3) is 0 Å². The second-order valence-corrected chi connectivity index (χ2v) is 4.62. The van der Waals surface area contributed by atoms with Crippen molar-refractivity contribution in [2.24, 2.45) is 0 Å². The summed E-state index contributed by atoms with van der Waals surface area (Å²) in [6, 6.07) is 0. The van der Waals surface area contributed by atoms with Gasteiger partial charge in [0, 0.05) is 18.8 Å². The van der Waals surface area contributed by atoms with Gasteiger partial charge in [-0.05, 0) is 33.6 Å². The highest BCUT2D eigenvalue weighted by molar-refractivity contribution is 4.99. The summed E-state index contributed by atoms with van der Waals surface area (Å²) in [6.45, 7) is 13.3. The molecule has 0 N–H and O–H groups in total. The maximum Gasteiger partial charge on any atom is 0.0648 e. The van der Waals surface area contributed by atoms with E-state index in [2.05, 4.69) is 32.3 Å². The summed E-state index contributed by atoms with van der Waals surface area (Å²) in [5.41, 5.74) is 1.26. The number of allylic oxidation sites excluding steroid dienone is 1. The van der Waals surface area contributed by atoms with Gasteiger partial charge in [-0.15, -0.1) is 0 Å². The Morgan fingerprint density at radius 2 is 2.15 bits per heavy atom. The van der Waals surface area contributed by atoms with Crippen molar-refractivity contribution in [1.82, 2.24) is 4.90 Å². The van der Waals surface area contributed by atoms with E-state index in [-0.39, 0.29) is 5.60 Å². The van der Waals surface area contributed by atoms with Crippen LogP contribution in [0.5, 0.6) is 0 Å². The Kier molecular flexibility index (Phi) is 3.37. The van der Waals surface area contributed by atoms with Crippen molar-refractivity contribution in [3.63, 3.8) is 0 Å². The fourth-order valence-electron chi connectivity index (χ4n) is 1.52. The van der Waals surface area contributed by atoms with Crippen molar-refractivity contribution in [1.29, 1.82) is 0 Å². The lowest BCUT2D eigenvalue weighted by molar-refractivity contribution is -0.00885. The Labute approximate surface area is 81.6 Å². The molecule has 0 aromatic rings. The largest absolute Gasteiger partial charge is 0.374 e. The van der Waals surface area contributed by atoms with Crippen LogP contribution in [0.3, 0.4) is 0 Å². The van der Waals surface area contributed by atoms with Crippen molar-refractivity contribution in [2.75, 3.05) is 19.7 Å². The first-order valence-electron chi connectivity index (χ1n) is 5.06. The third-order valence-corrected chi connectivity index (χ3v) is 2.24. The second kappa shape index (κ2) is 4.14. The summed E-state index contributed by atoms with van der Waals surface area (Å²) in [5, 5.41) is 0. The molecule has 0 saturated carbocycles. The second-order valence-electron chi connectivity index (χ2n) is 4.62. The van der Waals surface area contributed by atoms with Crippen LogP contribution in [0.15, 0.2) is 12.3 Å². The third kappa shape index (κ3) is 3.81. The van der Waals surface area contributed by atoms with Gasteiger partial charge in [0.1, 0.15) is 0 Å². The molecule has 1 fully saturated rings. The smallest absolute Gasteiger partial charge is 0.0648 e. The monoisotopic (exact) mass is 183 g/mol. The summed E-state index contributed by atoms with van der Waals surface area (Å²) >= 11 is 0. The average Bonchev–Trinajstić information content (AvgIpc) is 2.34. The molecule has 0 radical (unpaired) electrons. The van der Waals surface area contributed by atoms with Crippen molar-refractivity contribution >= 4 is 0 Å². The molecule has 1 rings (SSSR count). The maximum absolute atomic E-state index is 5.66. The molecule has 0 unspecified atom stereocenters. The summed E-state index contributed by atoms with van der Waals surface area (Å²) in [5.74, 6) is 0. The first kappa shape index (κ1) is 10.6. The van der Waals surface area contributed by atoms with Crippen LogP contribution >= 0.6 is 0 Å². The molecule has 0 aromatic carbocycles. The lowest BCUT2D eigenvalue weighted by atomic mass is 10.2. The van der Waals surface area contributed by atoms with Crippen molar-refractivity contribution in [2.45, 2.75) is 39.2 Å². The molecule has 0 aromatic heterocycles. The molecule has 2 nitrogen and oxygen atoms in total. The number of hydrogen-bond acceptors (Lipinski definition) is 2. The zero-order valence-corrected chi connectivity index (χ0v) is 9.10. The first-order valence-corrected chi connectivity index (χ1v) is 5.06. The molecule has 0 spiro atoms. The zero-order chi connectivity index (χ0) is 9.90. The van der Waals surface area contributed by atoms with E-state index < -0.39 is 0 Å².